The van der Waals surface area contributed by atoms with Crippen molar-refractivity contribution in [2.75, 3.05) is 48.4 Å². The van der Waals surface area contributed by atoms with Gasteiger partial charge in [-0.1, -0.05) is 12.1 Å². The number of carbonyl (C=O) groups excluding carboxylic acids is 2. The summed E-state index contributed by atoms with van der Waals surface area (Å²) in [6, 6.07) is 22.6. The lowest BCUT2D eigenvalue weighted by atomic mass is 10.0. The number of anilines is 3. The van der Waals surface area contributed by atoms with Crippen LogP contribution in [0.15, 0.2) is 66.7 Å². The van der Waals surface area contributed by atoms with Crippen molar-refractivity contribution in [3.63, 3.8) is 0 Å². The van der Waals surface area contributed by atoms with E-state index in [1.165, 1.54) is 0 Å². The summed E-state index contributed by atoms with van der Waals surface area (Å²) in [6.45, 7) is 8.01. The number of rotatable bonds is 4. The van der Waals surface area contributed by atoms with E-state index < -0.39 is 11.8 Å². The van der Waals surface area contributed by atoms with Crippen LogP contribution < -0.4 is 19.9 Å². The first kappa shape index (κ1) is 26.9. The van der Waals surface area contributed by atoms with Gasteiger partial charge in [-0.15, -0.1) is 0 Å². The first-order valence-electron chi connectivity index (χ1n) is 13.3. The zero-order chi connectivity index (χ0) is 28.4. The first-order valence-corrected chi connectivity index (χ1v) is 13.3. The lowest BCUT2D eigenvalue weighted by Gasteiger charge is -2.40. The summed E-state index contributed by atoms with van der Waals surface area (Å²) in [5.74, 6) is 0.572. The van der Waals surface area contributed by atoms with Gasteiger partial charge >= 0.3 is 6.09 Å². The van der Waals surface area contributed by atoms with Crippen LogP contribution >= 0.6 is 0 Å². The van der Waals surface area contributed by atoms with E-state index in [0.29, 0.717) is 43.1 Å². The highest BCUT2D eigenvalue weighted by Crippen LogP contribution is 2.39. The summed E-state index contributed by atoms with van der Waals surface area (Å²) in [7, 11) is 1.60. The summed E-state index contributed by atoms with van der Waals surface area (Å²) in [5, 5.41) is 12.8. The minimum atomic E-state index is -0.532. The van der Waals surface area contributed by atoms with Gasteiger partial charge in [-0.2, -0.15) is 5.26 Å². The van der Waals surface area contributed by atoms with Gasteiger partial charge in [0.2, 0.25) is 0 Å². The minimum absolute atomic E-state index is 0.130. The maximum atomic E-state index is 13.9. The van der Waals surface area contributed by atoms with Crippen molar-refractivity contribution in [3.05, 3.63) is 83.4 Å². The second-order valence-electron chi connectivity index (χ2n) is 10.8. The van der Waals surface area contributed by atoms with Crippen LogP contribution in [-0.4, -0.2) is 55.8 Å². The number of methoxy groups -OCH3 is 1. The highest BCUT2D eigenvalue weighted by molar-refractivity contribution is 6.12. The fourth-order valence-corrected chi connectivity index (χ4v) is 4.95. The number of hydrogen-bond acceptors (Lipinski definition) is 7. The number of nitriles is 1. The number of amides is 2. The molecule has 2 amide bonds. The number of fused-ring (bicyclic) bond motifs is 1. The second-order valence-corrected chi connectivity index (χ2v) is 10.8. The number of nitrogens with zero attached hydrogens (tertiary/aromatic N) is 4. The predicted molar refractivity (Wildman–Crippen MR) is 154 cm³/mol. The molecular formula is C31H33N5O4. The third-order valence-electron chi connectivity index (χ3n) is 7.01. The van der Waals surface area contributed by atoms with Gasteiger partial charge in [0.15, 0.2) is 0 Å². The molecule has 0 bridgehead atoms. The number of nitrogens with one attached hydrogen (secondary N) is 1. The quantitative estimate of drug-likeness (QED) is 0.474. The smallest absolute Gasteiger partial charge is 0.410 e. The van der Waals surface area contributed by atoms with Gasteiger partial charge in [0.1, 0.15) is 17.5 Å². The Morgan fingerprint density at radius 3 is 2.20 bits per heavy atom. The van der Waals surface area contributed by atoms with Crippen molar-refractivity contribution >= 4 is 29.1 Å². The van der Waals surface area contributed by atoms with Crippen molar-refractivity contribution in [1.29, 1.82) is 5.26 Å². The van der Waals surface area contributed by atoms with Crippen LogP contribution in [0.25, 0.3) is 0 Å². The molecule has 0 saturated carbocycles. The fourth-order valence-electron chi connectivity index (χ4n) is 4.95. The molecule has 9 heteroatoms. The van der Waals surface area contributed by atoms with Crippen LogP contribution in [0.5, 0.6) is 5.75 Å². The molecule has 1 fully saturated rings. The Hall–Kier alpha value is -4.71. The Balaban J connectivity index is 1.42. The highest BCUT2D eigenvalue weighted by Gasteiger charge is 2.35. The molecule has 2 heterocycles. The molecule has 0 spiro atoms. The number of piperazine rings is 1. The van der Waals surface area contributed by atoms with Crippen LogP contribution in [0.3, 0.4) is 0 Å². The molecule has 0 aromatic heterocycles. The Bertz CT molecular complexity index is 1430. The number of ether oxygens (including phenoxy) is 2. The van der Waals surface area contributed by atoms with E-state index >= 15 is 0 Å². The highest BCUT2D eigenvalue weighted by atomic mass is 16.6. The average Bonchev–Trinajstić information content (AvgIpc) is 2.96. The van der Waals surface area contributed by atoms with Crippen LogP contribution in [0.1, 0.15) is 48.4 Å². The summed E-state index contributed by atoms with van der Waals surface area (Å²) in [5.41, 5.74) is 3.86. The summed E-state index contributed by atoms with van der Waals surface area (Å²) in [4.78, 5) is 32.1. The molecule has 206 valence electrons. The lowest BCUT2D eigenvalue weighted by molar-refractivity contribution is 0.0240. The Kier molecular flexibility index (Phi) is 7.26. The monoisotopic (exact) mass is 539 g/mol. The van der Waals surface area contributed by atoms with E-state index in [1.54, 1.807) is 29.0 Å². The van der Waals surface area contributed by atoms with Gasteiger partial charge in [0.05, 0.1) is 30.0 Å². The topological polar surface area (TPSA) is 98.1 Å². The molecule has 1 atom stereocenters. The van der Waals surface area contributed by atoms with Gasteiger partial charge in [0.25, 0.3) is 5.91 Å². The van der Waals surface area contributed by atoms with E-state index in [1.807, 2.05) is 75.4 Å². The molecule has 3 aromatic carbocycles. The average molecular weight is 540 g/mol. The molecule has 1 saturated heterocycles. The normalized spacial score (nSPS) is 17.0. The summed E-state index contributed by atoms with van der Waals surface area (Å²) in [6.07, 6.45) is -0.783. The van der Waals surface area contributed by atoms with Crippen molar-refractivity contribution in [2.24, 2.45) is 0 Å². The number of benzene rings is 3. The molecule has 1 unspecified atom stereocenters. The molecule has 5 rings (SSSR count). The van der Waals surface area contributed by atoms with E-state index in [4.69, 9.17) is 9.47 Å². The molecule has 0 radical (unpaired) electrons. The third-order valence-corrected chi connectivity index (χ3v) is 7.01. The summed E-state index contributed by atoms with van der Waals surface area (Å²) < 4.78 is 10.8. The van der Waals surface area contributed by atoms with Crippen LogP contribution in [-0.2, 0) is 4.74 Å². The maximum absolute atomic E-state index is 13.9. The minimum Gasteiger partial charge on any atom is -0.497 e. The standard InChI is InChI=1S/C31H33N5O4/c1-31(2,3)40-30(38)35-17-15-34(16-18-35)24-11-14-26-27(19-24)33-28(22-7-5-21(20-32)6-8-22)36(29(26)37)23-9-12-25(39-4)13-10-23/h5-14,19,28,33H,15-18H2,1-4H3. The SMILES string of the molecule is COc1ccc(N2C(=O)c3ccc(N4CCN(C(=O)OC(C)(C)C)CC4)cc3NC2c2ccc(C#N)cc2)cc1. The molecule has 3 aromatic rings. The van der Waals surface area contributed by atoms with Gasteiger partial charge in [0, 0.05) is 37.6 Å². The molecule has 40 heavy (non-hydrogen) atoms. The second kappa shape index (κ2) is 10.8. The zero-order valence-corrected chi connectivity index (χ0v) is 23.2. The van der Waals surface area contributed by atoms with Gasteiger partial charge in [-0.05, 0) is 80.9 Å². The van der Waals surface area contributed by atoms with E-state index in [0.717, 1.165) is 22.6 Å². The van der Waals surface area contributed by atoms with Crippen LogP contribution in [0, 0.1) is 11.3 Å². The van der Waals surface area contributed by atoms with Crippen LogP contribution in [0.2, 0.25) is 0 Å². The van der Waals surface area contributed by atoms with E-state index in [-0.39, 0.29) is 12.0 Å². The first-order chi connectivity index (χ1) is 19.2. The third kappa shape index (κ3) is 5.52. The van der Waals surface area contributed by atoms with Crippen molar-refractivity contribution in [3.8, 4) is 11.8 Å². The fraction of sp³-hybridized carbons (Fsp3) is 0.323. The predicted octanol–water partition coefficient (Wildman–Crippen LogP) is 5.40. The largest absolute Gasteiger partial charge is 0.497 e. The Morgan fingerprint density at radius 1 is 0.950 bits per heavy atom. The lowest BCUT2D eigenvalue weighted by Crippen LogP contribution is -2.50. The molecule has 2 aliphatic rings. The Morgan fingerprint density at radius 2 is 1.60 bits per heavy atom. The summed E-state index contributed by atoms with van der Waals surface area (Å²) >= 11 is 0. The Labute approximate surface area is 234 Å². The van der Waals surface area contributed by atoms with Crippen molar-refractivity contribution < 1.29 is 19.1 Å². The zero-order valence-electron chi connectivity index (χ0n) is 23.2. The molecule has 1 N–H and O–H groups in total. The molecule has 0 aliphatic carbocycles. The molecule has 9 nitrogen and oxygen atoms in total. The number of hydrogen-bond donors (Lipinski definition) is 1. The van der Waals surface area contributed by atoms with Gasteiger partial charge < -0.3 is 24.6 Å². The van der Waals surface area contributed by atoms with E-state index in [9.17, 15) is 14.9 Å². The number of carbonyl (C=O) groups is 2. The van der Waals surface area contributed by atoms with Gasteiger partial charge in [-0.3, -0.25) is 9.69 Å². The van der Waals surface area contributed by atoms with Crippen LogP contribution in [0.4, 0.5) is 21.9 Å². The maximum Gasteiger partial charge on any atom is 0.410 e. The molecule has 2 aliphatic heterocycles. The van der Waals surface area contributed by atoms with Crippen molar-refractivity contribution in [2.45, 2.75) is 32.5 Å². The van der Waals surface area contributed by atoms with Crippen molar-refractivity contribution in [1.82, 2.24) is 4.90 Å². The molecular weight excluding hydrogens is 506 g/mol. The van der Waals surface area contributed by atoms with Gasteiger partial charge in [-0.25, -0.2) is 4.79 Å². The van der Waals surface area contributed by atoms with E-state index in [2.05, 4.69) is 16.3 Å².